The van der Waals surface area contributed by atoms with E-state index in [1.165, 1.54) is 0 Å². The van der Waals surface area contributed by atoms with Crippen molar-refractivity contribution in [3.05, 3.63) is 95.1 Å². The Hall–Kier alpha value is -3.15. The molecular formula is C22H20ClN3O2. The van der Waals surface area contributed by atoms with Crippen molar-refractivity contribution in [2.45, 2.75) is 12.4 Å². The molecule has 0 spiro atoms. The lowest BCUT2D eigenvalue weighted by Crippen LogP contribution is -2.16. The van der Waals surface area contributed by atoms with E-state index < -0.39 is 0 Å². The van der Waals surface area contributed by atoms with Crippen molar-refractivity contribution < 1.29 is 9.59 Å². The van der Waals surface area contributed by atoms with Crippen molar-refractivity contribution in [3.63, 3.8) is 0 Å². The molecule has 2 amide bonds. The molecule has 0 aliphatic heterocycles. The molecule has 28 heavy (non-hydrogen) atoms. The fourth-order valence-corrected chi connectivity index (χ4v) is 2.91. The highest BCUT2D eigenvalue weighted by Gasteiger charge is 2.11. The number of nitrogens with two attached hydrogens (primary N) is 1. The summed E-state index contributed by atoms with van der Waals surface area (Å²) in [5.74, 6) is -0.119. The van der Waals surface area contributed by atoms with Gasteiger partial charge in [0, 0.05) is 34.9 Å². The van der Waals surface area contributed by atoms with Crippen molar-refractivity contribution in [3.8, 4) is 0 Å². The van der Waals surface area contributed by atoms with Crippen LogP contribution in [0, 0.1) is 0 Å². The predicted molar refractivity (Wildman–Crippen MR) is 113 cm³/mol. The molecule has 0 bridgehead atoms. The maximum Gasteiger partial charge on any atom is 0.255 e. The Bertz CT molecular complexity index is 990. The molecule has 3 aromatic carbocycles. The highest BCUT2D eigenvalue weighted by atomic mass is 35.5. The largest absolute Gasteiger partial charge is 0.326 e. The van der Waals surface area contributed by atoms with Crippen LogP contribution in [0.2, 0.25) is 0 Å². The standard InChI is InChI=1S/C22H20ClN3O2/c23-13-15-5-4-8-17(11-15)22(28)26-20-10-9-19(12-18(20)14-24)25-21(27)16-6-2-1-3-7-16/h1-12H,13-14,24H2,(H,25,27)(H,26,28). The van der Waals surface area contributed by atoms with Crippen LogP contribution in [-0.2, 0) is 12.4 Å². The molecular weight excluding hydrogens is 374 g/mol. The number of halogens is 1. The summed E-state index contributed by atoms with van der Waals surface area (Å²) in [4.78, 5) is 24.8. The van der Waals surface area contributed by atoms with Crippen LogP contribution < -0.4 is 16.4 Å². The van der Waals surface area contributed by atoms with Gasteiger partial charge in [0.15, 0.2) is 0 Å². The summed E-state index contributed by atoms with van der Waals surface area (Å²) >= 11 is 5.83. The summed E-state index contributed by atoms with van der Waals surface area (Å²) in [7, 11) is 0. The van der Waals surface area contributed by atoms with Crippen LogP contribution in [0.25, 0.3) is 0 Å². The highest BCUT2D eigenvalue weighted by Crippen LogP contribution is 2.22. The SMILES string of the molecule is NCc1cc(NC(=O)c2ccccc2)ccc1NC(=O)c1cccc(CCl)c1. The minimum absolute atomic E-state index is 0.210. The van der Waals surface area contributed by atoms with Crippen molar-refractivity contribution in [1.82, 2.24) is 0 Å². The summed E-state index contributed by atoms with van der Waals surface area (Å²) in [5.41, 5.74) is 9.71. The topological polar surface area (TPSA) is 84.2 Å². The molecule has 3 aromatic rings. The molecule has 0 aromatic heterocycles. The Morgan fingerprint density at radius 2 is 1.54 bits per heavy atom. The Morgan fingerprint density at radius 1 is 0.821 bits per heavy atom. The molecule has 0 fully saturated rings. The first kappa shape index (κ1) is 19.6. The number of rotatable bonds is 6. The van der Waals surface area contributed by atoms with Crippen LogP contribution in [0.1, 0.15) is 31.8 Å². The first-order chi connectivity index (χ1) is 13.6. The van der Waals surface area contributed by atoms with Crippen molar-refractivity contribution in [1.29, 1.82) is 0 Å². The number of hydrogen-bond acceptors (Lipinski definition) is 3. The maximum atomic E-state index is 12.5. The van der Waals surface area contributed by atoms with E-state index in [0.717, 1.165) is 5.56 Å². The van der Waals surface area contributed by atoms with Crippen LogP contribution >= 0.6 is 11.6 Å². The molecule has 0 atom stereocenters. The quantitative estimate of drug-likeness (QED) is 0.543. The van der Waals surface area contributed by atoms with Crippen LogP contribution in [0.5, 0.6) is 0 Å². The van der Waals surface area contributed by atoms with Crippen LogP contribution in [0.15, 0.2) is 72.8 Å². The number of carbonyl (C=O) groups excluding carboxylic acids is 2. The van der Waals surface area contributed by atoms with Gasteiger partial charge in [0.25, 0.3) is 11.8 Å². The number of anilines is 2. The zero-order chi connectivity index (χ0) is 19.9. The third-order valence-electron chi connectivity index (χ3n) is 4.21. The number of nitrogens with one attached hydrogen (secondary N) is 2. The van der Waals surface area contributed by atoms with Gasteiger partial charge in [-0.1, -0.05) is 30.3 Å². The second-order valence-electron chi connectivity index (χ2n) is 6.18. The Kier molecular flexibility index (Phi) is 6.42. The summed E-state index contributed by atoms with van der Waals surface area (Å²) in [6.07, 6.45) is 0. The van der Waals surface area contributed by atoms with Gasteiger partial charge in [0.1, 0.15) is 0 Å². The second kappa shape index (κ2) is 9.17. The molecule has 142 valence electrons. The fraction of sp³-hybridized carbons (Fsp3) is 0.0909. The number of benzene rings is 3. The Labute approximate surface area is 168 Å². The van der Waals surface area contributed by atoms with E-state index in [4.69, 9.17) is 17.3 Å². The number of amides is 2. The van der Waals surface area contributed by atoms with Crippen LogP contribution in [0.4, 0.5) is 11.4 Å². The van der Waals surface area contributed by atoms with Gasteiger partial charge in [0.2, 0.25) is 0 Å². The molecule has 0 radical (unpaired) electrons. The van der Waals surface area contributed by atoms with E-state index >= 15 is 0 Å². The molecule has 0 aliphatic carbocycles. The first-order valence-corrected chi connectivity index (χ1v) is 9.30. The van der Waals surface area contributed by atoms with Crippen molar-refractivity contribution in [2.75, 3.05) is 10.6 Å². The number of alkyl halides is 1. The summed E-state index contributed by atoms with van der Waals surface area (Å²) in [5, 5.41) is 5.70. The second-order valence-corrected chi connectivity index (χ2v) is 6.45. The molecule has 0 unspecified atom stereocenters. The van der Waals surface area contributed by atoms with Crippen LogP contribution in [-0.4, -0.2) is 11.8 Å². The van der Waals surface area contributed by atoms with Gasteiger partial charge < -0.3 is 16.4 Å². The molecule has 0 saturated heterocycles. The van der Waals surface area contributed by atoms with Crippen molar-refractivity contribution in [2.24, 2.45) is 5.73 Å². The van der Waals surface area contributed by atoms with Gasteiger partial charge in [-0.25, -0.2) is 0 Å². The molecule has 6 heteroatoms. The van der Waals surface area contributed by atoms with Gasteiger partial charge in [-0.05, 0) is 53.6 Å². The normalized spacial score (nSPS) is 10.4. The van der Waals surface area contributed by atoms with E-state index in [9.17, 15) is 9.59 Å². The van der Waals surface area contributed by atoms with E-state index in [-0.39, 0.29) is 18.4 Å². The monoisotopic (exact) mass is 393 g/mol. The number of hydrogen-bond donors (Lipinski definition) is 3. The lowest BCUT2D eigenvalue weighted by Gasteiger charge is -2.13. The average Bonchev–Trinajstić information content (AvgIpc) is 2.75. The smallest absolute Gasteiger partial charge is 0.255 e. The Balaban J connectivity index is 1.75. The zero-order valence-corrected chi connectivity index (χ0v) is 15.9. The average molecular weight is 394 g/mol. The molecule has 4 N–H and O–H groups in total. The molecule has 0 aliphatic rings. The van der Waals surface area contributed by atoms with Crippen LogP contribution in [0.3, 0.4) is 0 Å². The zero-order valence-electron chi connectivity index (χ0n) is 15.1. The maximum absolute atomic E-state index is 12.5. The van der Waals surface area contributed by atoms with Gasteiger partial charge in [-0.2, -0.15) is 0 Å². The third kappa shape index (κ3) is 4.76. The highest BCUT2D eigenvalue weighted by molar-refractivity contribution is 6.17. The molecule has 3 rings (SSSR count). The molecule has 0 heterocycles. The van der Waals surface area contributed by atoms with Gasteiger partial charge >= 0.3 is 0 Å². The predicted octanol–water partition coefficient (Wildman–Crippen LogP) is 4.39. The minimum atomic E-state index is -0.247. The van der Waals surface area contributed by atoms with Gasteiger partial charge in [-0.15, -0.1) is 11.6 Å². The first-order valence-electron chi connectivity index (χ1n) is 8.76. The summed E-state index contributed by atoms with van der Waals surface area (Å²) in [6.45, 7) is 0.215. The van der Waals surface area contributed by atoms with E-state index in [2.05, 4.69) is 10.6 Å². The number of carbonyl (C=O) groups is 2. The lowest BCUT2D eigenvalue weighted by atomic mass is 10.1. The fourth-order valence-electron chi connectivity index (χ4n) is 2.75. The van der Waals surface area contributed by atoms with E-state index in [1.54, 1.807) is 60.7 Å². The summed E-state index contributed by atoms with van der Waals surface area (Å²) < 4.78 is 0. The lowest BCUT2D eigenvalue weighted by molar-refractivity contribution is 0.101. The third-order valence-corrected chi connectivity index (χ3v) is 4.52. The minimum Gasteiger partial charge on any atom is -0.326 e. The van der Waals surface area contributed by atoms with Gasteiger partial charge in [-0.3, -0.25) is 9.59 Å². The van der Waals surface area contributed by atoms with Gasteiger partial charge in [0.05, 0.1) is 0 Å². The van der Waals surface area contributed by atoms with Crippen molar-refractivity contribution >= 4 is 34.8 Å². The molecule has 5 nitrogen and oxygen atoms in total. The molecule has 0 saturated carbocycles. The Morgan fingerprint density at radius 3 is 2.25 bits per heavy atom. The van der Waals surface area contributed by atoms with E-state index in [0.29, 0.717) is 33.9 Å². The van der Waals surface area contributed by atoms with E-state index in [1.807, 2.05) is 12.1 Å². The summed E-state index contributed by atoms with van der Waals surface area (Å²) in [6, 6.07) is 21.3.